The van der Waals surface area contributed by atoms with Crippen LogP contribution in [-0.4, -0.2) is 47.6 Å². The molecule has 0 aromatic carbocycles. The van der Waals surface area contributed by atoms with Crippen molar-refractivity contribution >= 4 is 0 Å². The molecule has 0 radical (unpaired) electrons. The van der Waals surface area contributed by atoms with E-state index in [1.807, 2.05) is 19.2 Å². The Bertz CT molecular complexity index is 334. The minimum atomic E-state index is 0.415. The van der Waals surface area contributed by atoms with E-state index in [0.717, 1.165) is 44.2 Å². The summed E-state index contributed by atoms with van der Waals surface area (Å²) in [5.41, 5.74) is 1.05. The standard InChI is InChI=1S/C12H20N4/c1-10(9-16-7-5-13-6-8-16)12-14-4-3-11(2)15-12/h3-4,10,13H,5-9H2,1-2H3. The monoisotopic (exact) mass is 220 g/mol. The van der Waals surface area contributed by atoms with Gasteiger partial charge in [-0.05, 0) is 13.0 Å². The van der Waals surface area contributed by atoms with Crippen LogP contribution in [0.2, 0.25) is 0 Å². The topological polar surface area (TPSA) is 41.1 Å². The van der Waals surface area contributed by atoms with Crippen LogP contribution in [0.25, 0.3) is 0 Å². The predicted molar refractivity (Wildman–Crippen MR) is 64.5 cm³/mol. The fraction of sp³-hybridized carbons (Fsp3) is 0.667. The van der Waals surface area contributed by atoms with Gasteiger partial charge in [-0.25, -0.2) is 9.97 Å². The quantitative estimate of drug-likeness (QED) is 0.818. The van der Waals surface area contributed by atoms with Gasteiger partial charge in [0.15, 0.2) is 0 Å². The second-order valence-corrected chi connectivity index (χ2v) is 4.51. The predicted octanol–water partition coefficient (Wildman–Crippen LogP) is 0.794. The van der Waals surface area contributed by atoms with Gasteiger partial charge >= 0.3 is 0 Å². The smallest absolute Gasteiger partial charge is 0.132 e. The zero-order chi connectivity index (χ0) is 11.4. The van der Waals surface area contributed by atoms with Crippen LogP contribution in [0.1, 0.15) is 24.4 Å². The summed E-state index contributed by atoms with van der Waals surface area (Å²) >= 11 is 0. The molecule has 2 heterocycles. The zero-order valence-corrected chi connectivity index (χ0v) is 10.1. The molecule has 4 heteroatoms. The number of piperazine rings is 1. The van der Waals surface area contributed by atoms with E-state index in [0.29, 0.717) is 5.92 Å². The molecule has 0 saturated carbocycles. The summed E-state index contributed by atoms with van der Waals surface area (Å²) < 4.78 is 0. The summed E-state index contributed by atoms with van der Waals surface area (Å²) in [6, 6.07) is 1.95. The molecule has 0 aliphatic carbocycles. The SMILES string of the molecule is Cc1ccnc(C(C)CN2CCNCC2)n1. The molecule has 1 atom stereocenters. The van der Waals surface area contributed by atoms with Gasteiger partial charge in [0, 0.05) is 50.5 Å². The highest BCUT2D eigenvalue weighted by Crippen LogP contribution is 2.12. The molecule has 2 rings (SSSR count). The number of nitrogens with zero attached hydrogens (tertiary/aromatic N) is 3. The average molecular weight is 220 g/mol. The van der Waals surface area contributed by atoms with E-state index < -0.39 is 0 Å². The third-order valence-electron chi connectivity index (χ3n) is 3.00. The van der Waals surface area contributed by atoms with Crippen LogP contribution in [0.3, 0.4) is 0 Å². The molecule has 1 aromatic rings. The van der Waals surface area contributed by atoms with Gasteiger partial charge in [-0.1, -0.05) is 6.92 Å². The van der Waals surface area contributed by atoms with Gasteiger partial charge in [0.25, 0.3) is 0 Å². The Hall–Kier alpha value is -1.00. The van der Waals surface area contributed by atoms with Crippen molar-refractivity contribution in [1.82, 2.24) is 20.2 Å². The maximum absolute atomic E-state index is 4.49. The number of nitrogens with one attached hydrogen (secondary N) is 1. The van der Waals surface area contributed by atoms with Gasteiger partial charge in [-0.2, -0.15) is 0 Å². The molecule has 0 amide bonds. The van der Waals surface area contributed by atoms with Crippen molar-refractivity contribution in [3.63, 3.8) is 0 Å². The summed E-state index contributed by atoms with van der Waals surface area (Å²) in [5.74, 6) is 1.39. The lowest BCUT2D eigenvalue weighted by Crippen LogP contribution is -2.44. The maximum atomic E-state index is 4.49. The average Bonchev–Trinajstić information content (AvgIpc) is 2.30. The number of aromatic nitrogens is 2. The van der Waals surface area contributed by atoms with Gasteiger partial charge in [0.1, 0.15) is 5.82 Å². The Morgan fingerprint density at radius 3 is 2.88 bits per heavy atom. The first-order valence-electron chi connectivity index (χ1n) is 5.98. The Kier molecular flexibility index (Phi) is 3.85. The van der Waals surface area contributed by atoms with Crippen molar-refractivity contribution < 1.29 is 0 Å². The minimum absolute atomic E-state index is 0.415. The first-order valence-corrected chi connectivity index (χ1v) is 5.98. The van der Waals surface area contributed by atoms with E-state index in [1.54, 1.807) is 0 Å². The van der Waals surface area contributed by atoms with Gasteiger partial charge in [0.05, 0.1) is 0 Å². The second-order valence-electron chi connectivity index (χ2n) is 4.51. The number of rotatable bonds is 3. The van der Waals surface area contributed by atoms with Crippen LogP contribution in [0.5, 0.6) is 0 Å². The number of hydrogen-bond donors (Lipinski definition) is 1. The molecule has 1 aliphatic heterocycles. The maximum Gasteiger partial charge on any atom is 0.132 e. The first kappa shape index (κ1) is 11.5. The Morgan fingerprint density at radius 2 is 2.19 bits per heavy atom. The highest BCUT2D eigenvalue weighted by atomic mass is 15.2. The third kappa shape index (κ3) is 3.00. The summed E-state index contributed by atoms with van der Waals surface area (Å²) in [7, 11) is 0. The van der Waals surface area contributed by atoms with Crippen LogP contribution in [0.15, 0.2) is 12.3 Å². The van der Waals surface area contributed by atoms with E-state index in [-0.39, 0.29) is 0 Å². The molecule has 1 aromatic heterocycles. The molecule has 4 nitrogen and oxygen atoms in total. The summed E-state index contributed by atoms with van der Waals surface area (Å²) in [5, 5.41) is 3.36. The molecule has 0 bridgehead atoms. The zero-order valence-electron chi connectivity index (χ0n) is 10.1. The Morgan fingerprint density at radius 1 is 1.44 bits per heavy atom. The number of hydrogen-bond acceptors (Lipinski definition) is 4. The fourth-order valence-corrected chi connectivity index (χ4v) is 2.07. The van der Waals surface area contributed by atoms with Crippen molar-refractivity contribution in [2.24, 2.45) is 0 Å². The lowest BCUT2D eigenvalue weighted by molar-refractivity contribution is 0.228. The van der Waals surface area contributed by atoms with Gasteiger partial charge in [0.2, 0.25) is 0 Å². The van der Waals surface area contributed by atoms with E-state index in [4.69, 9.17) is 0 Å². The lowest BCUT2D eigenvalue weighted by Gasteiger charge is -2.29. The van der Waals surface area contributed by atoms with Crippen molar-refractivity contribution in [3.8, 4) is 0 Å². The van der Waals surface area contributed by atoms with Crippen molar-refractivity contribution in [2.75, 3.05) is 32.7 Å². The van der Waals surface area contributed by atoms with Crippen LogP contribution < -0.4 is 5.32 Å². The van der Waals surface area contributed by atoms with Crippen molar-refractivity contribution in [1.29, 1.82) is 0 Å². The van der Waals surface area contributed by atoms with Crippen LogP contribution >= 0.6 is 0 Å². The highest BCUT2D eigenvalue weighted by molar-refractivity contribution is 5.03. The number of aryl methyl sites for hydroxylation is 1. The lowest BCUT2D eigenvalue weighted by atomic mass is 10.1. The summed E-state index contributed by atoms with van der Waals surface area (Å²) in [6.45, 7) is 9.75. The molecular formula is C12H20N4. The second kappa shape index (κ2) is 5.37. The molecule has 0 spiro atoms. The van der Waals surface area contributed by atoms with Crippen LogP contribution in [0.4, 0.5) is 0 Å². The third-order valence-corrected chi connectivity index (χ3v) is 3.00. The fourth-order valence-electron chi connectivity index (χ4n) is 2.07. The van der Waals surface area contributed by atoms with Crippen LogP contribution in [0, 0.1) is 6.92 Å². The van der Waals surface area contributed by atoms with Gasteiger partial charge in [-0.3, -0.25) is 0 Å². The van der Waals surface area contributed by atoms with Crippen molar-refractivity contribution in [3.05, 3.63) is 23.8 Å². The summed E-state index contributed by atoms with van der Waals surface area (Å²) in [4.78, 5) is 11.3. The largest absolute Gasteiger partial charge is 0.314 e. The van der Waals surface area contributed by atoms with E-state index in [1.165, 1.54) is 0 Å². The Balaban J connectivity index is 1.94. The van der Waals surface area contributed by atoms with Crippen molar-refractivity contribution in [2.45, 2.75) is 19.8 Å². The molecule has 1 unspecified atom stereocenters. The molecule has 1 fully saturated rings. The molecule has 88 valence electrons. The van der Waals surface area contributed by atoms with Crippen LogP contribution in [-0.2, 0) is 0 Å². The van der Waals surface area contributed by atoms with Gasteiger partial charge < -0.3 is 10.2 Å². The minimum Gasteiger partial charge on any atom is -0.314 e. The normalized spacial score (nSPS) is 19.6. The molecule has 1 N–H and O–H groups in total. The van der Waals surface area contributed by atoms with E-state index in [2.05, 4.69) is 27.1 Å². The van der Waals surface area contributed by atoms with Gasteiger partial charge in [-0.15, -0.1) is 0 Å². The van der Waals surface area contributed by atoms with E-state index >= 15 is 0 Å². The first-order chi connectivity index (χ1) is 7.75. The summed E-state index contributed by atoms with van der Waals surface area (Å²) in [6.07, 6.45) is 1.85. The molecule has 1 saturated heterocycles. The van der Waals surface area contributed by atoms with E-state index in [9.17, 15) is 0 Å². The molecule has 16 heavy (non-hydrogen) atoms. The Labute approximate surface area is 97.1 Å². The molecule has 1 aliphatic rings. The molecular weight excluding hydrogens is 200 g/mol. The highest BCUT2D eigenvalue weighted by Gasteiger charge is 2.15.